The smallest absolute Gasteiger partial charge is 0.255 e. The van der Waals surface area contributed by atoms with Crippen molar-refractivity contribution in [2.75, 3.05) is 12.1 Å². The quantitative estimate of drug-likeness (QED) is 0.869. The van der Waals surface area contributed by atoms with E-state index < -0.39 is 0 Å². The van der Waals surface area contributed by atoms with Crippen LogP contribution in [0.15, 0.2) is 42.5 Å². The van der Waals surface area contributed by atoms with Gasteiger partial charge in [-0.1, -0.05) is 18.2 Å². The van der Waals surface area contributed by atoms with Gasteiger partial charge in [0.15, 0.2) is 17.8 Å². The van der Waals surface area contributed by atoms with E-state index in [-0.39, 0.29) is 18.3 Å². The van der Waals surface area contributed by atoms with E-state index in [0.717, 1.165) is 0 Å². The van der Waals surface area contributed by atoms with Crippen molar-refractivity contribution in [2.24, 2.45) is 0 Å². The maximum absolute atomic E-state index is 12.1. The third kappa shape index (κ3) is 2.09. The maximum atomic E-state index is 12.1. The summed E-state index contributed by atoms with van der Waals surface area (Å²) in [5.41, 5.74) is 1.20. The molecule has 3 rings (SSSR count). The zero-order chi connectivity index (χ0) is 13.9. The highest BCUT2D eigenvalue weighted by Gasteiger charge is 2.21. The molecule has 2 aromatic carbocycles. The molecular weight excluding hydrogens is 258 g/mol. The van der Waals surface area contributed by atoms with Gasteiger partial charge < -0.3 is 14.8 Å². The van der Waals surface area contributed by atoms with Crippen LogP contribution in [0.25, 0.3) is 0 Å². The topological polar surface area (TPSA) is 64.6 Å². The van der Waals surface area contributed by atoms with Crippen molar-refractivity contribution in [3.63, 3.8) is 0 Å². The van der Waals surface area contributed by atoms with E-state index >= 15 is 0 Å². The van der Waals surface area contributed by atoms with Gasteiger partial charge in [-0.15, -0.1) is 0 Å². The number of fused-ring (bicyclic) bond motifs is 1. The fourth-order valence-corrected chi connectivity index (χ4v) is 2.00. The largest absolute Gasteiger partial charge is 0.454 e. The zero-order valence-electron chi connectivity index (χ0n) is 10.5. The highest BCUT2D eigenvalue weighted by Crippen LogP contribution is 2.38. The molecule has 5 heteroatoms. The van der Waals surface area contributed by atoms with Gasteiger partial charge in [-0.05, 0) is 24.3 Å². The van der Waals surface area contributed by atoms with Crippen molar-refractivity contribution in [3.8, 4) is 11.5 Å². The monoisotopic (exact) mass is 269 g/mol. The number of ether oxygens (including phenoxy) is 2. The van der Waals surface area contributed by atoms with Crippen LogP contribution in [-0.4, -0.2) is 19.0 Å². The van der Waals surface area contributed by atoms with Crippen LogP contribution in [-0.2, 0) is 0 Å². The number of amides is 1. The fraction of sp³-hybridized carbons (Fsp3) is 0.0667. The van der Waals surface area contributed by atoms with Crippen LogP contribution in [0.4, 0.5) is 5.69 Å². The van der Waals surface area contributed by atoms with Crippen LogP contribution in [0, 0.1) is 0 Å². The lowest BCUT2D eigenvalue weighted by molar-refractivity contribution is 0.102. The maximum Gasteiger partial charge on any atom is 0.255 e. The van der Waals surface area contributed by atoms with E-state index in [0.29, 0.717) is 29.0 Å². The Morgan fingerprint density at radius 1 is 1.10 bits per heavy atom. The number of hydrogen-bond acceptors (Lipinski definition) is 4. The lowest BCUT2D eigenvalue weighted by atomic mass is 10.1. The van der Waals surface area contributed by atoms with Gasteiger partial charge in [0.05, 0.1) is 11.3 Å². The number of benzene rings is 2. The van der Waals surface area contributed by atoms with Gasteiger partial charge in [-0.3, -0.25) is 9.59 Å². The number of nitrogens with one attached hydrogen (secondary N) is 1. The number of carbonyl (C=O) groups is 2. The molecule has 0 fully saturated rings. The predicted octanol–water partition coefficient (Wildman–Crippen LogP) is 2.48. The van der Waals surface area contributed by atoms with Crippen LogP contribution in [0.1, 0.15) is 20.7 Å². The normalized spacial score (nSPS) is 12.0. The Hall–Kier alpha value is -2.82. The molecule has 100 valence electrons. The molecule has 0 atom stereocenters. The van der Waals surface area contributed by atoms with Crippen molar-refractivity contribution in [1.82, 2.24) is 0 Å². The summed E-state index contributed by atoms with van der Waals surface area (Å²) in [6.45, 7) is 0.0757. The molecule has 0 radical (unpaired) electrons. The van der Waals surface area contributed by atoms with Gasteiger partial charge in [0, 0.05) is 5.56 Å². The second-order valence-corrected chi connectivity index (χ2v) is 4.20. The molecule has 0 saturated carbocycles. The summed E-state index contributed by atoms with van der Waals surface area (Å²) in [6.07, 6.45) is 0.647. The molecule has 1 heterocycles. The Kier molecular flexibility index (Phi) is 3.09. The molecule has 0 unspecified atom stereocenters. The van der Waals surface area contributed by atoms with E-state index in [2.05, 4.69) is 5.32 Å². The zero-order valence-corrected chi connectivity index (χ0v) is 10.5. The second kappa shape index (κ2) is 5.05. The van der Waals surface area contributed by atoms with Gasteiger partial charge in [-0.2, -0.15) is 0 Å². The number of carbonyl (C=O) groups excluding carboxylic acids is 2. The first kappa shape index (κ1) is 12.2. The molecule has 5 nitrogen and oxygen atoms in total. The minimum Gasteiger partial charge on any atom is -0.454 e. The first-order chi connectivity index (χ1) is 9.79. The Labute approximate surface area is 115 Å². The average molecular weight is 269 g/mol. The Bertz CT molecular complexity index is 667. The minimum atomic E-state index is -0.285. The van der Waals surface area contributed by atoms with Crippen molar-refractivity contribution in [2.45, 2.75) is 0 Å². The van der Waals surface area contributed by atoms with E-state index in [4.69, 9.17) is 9.47 Å². The highest BCUT2D eigenvalue weighted by atomic mass is 16.7. The Morgan fingerprint density at radius 2 is 1.90 bits per heavy atom. The Balaban J connectivity index is 1.92. The molecule has 0 bridgehead atoms. The SMILES string of the molecule is O=Cc1c(NC(=O)c2ccccc2)ccc2c1OCO2. The van der Waals surface area contributed by atoms with Crippen LogP contribution >= 0.6 is 0 Å². The first-order valence-corrected chi connectivity index (χ1v) is 6.04. The Morgan fingerprint density at radius 3 is 2.65 bits per heavy atom. The van der Waals surface area contributed by atoms with Crippen molar-refractivity contribution in [1.29, 1.82) is 0 Å². The van der Waals surface area contributed by atoms with Gasteiger partial charge in [0.25, 0.3) is 5.91 Å². The molecule has 1 aliphatic heterocycles. The van der Waals surface area contributed by atoms with Gasteiger partial charge in [0.1, 0.15) is 0 Å². The lowest BCUT2D eigenvalue weighted by Gasteiger charge is -2.09. The summed E-state index contributed by atoms with van der Waals surface area (Å²) < 4.78 is 10.4. The van der Waals surface area contributed by atoms with E-state index in [1.54, 1.807) is 36.4 Å². The molecule has 20 heavy (non-hydrogen) atoms. The van der Waals surface area contributed by atoms with E-state index in [1.165, 1.54) is 0 Å². The number of hydrogen-bond donors (Lipinski definition) is 1. The minimum absolute atomic E-state index is 0.0757. The summed E-state index contributed by atoms with van der Waals surface area (Å²) in [6, 6.07) is 12.1. The number of anilines is 1. The van der Waals surface area contributed by atoms with Gasteiger partial charge in [0.2, 0.25) is 6.79 Å². The molecule has 2 aromatic rings. The average Bonchev–Trinajstić information content (AvgIpc) is 2.96. The van der Waals surface area contributed by atoms with E-state index in [1.807, 2.05) is 6.07 Å². The number of aldehydes is 1. The van der Waals surface area contributed by atoms with Crippen LogP contribution in [0.5, 0.6) is 11.5 Å². The van der Waals surface area contributed by atoms with Gasteiger partial charge >= 0.3 is 0 Å². The van der Waals surface area contributed by atoms with E-state index in [9.17, 15) is 9.59 Å². The summed E-state index contributed by atoms with van der Waals surface area (Å²) in [7, 11) is 0. The van der Waals surface area contributed by atoms with Crippen molar-refractivity contribution < 1.29 is 19.1 Å². The molecule has 0 spiro atoms. The lowest BCUT2D eigenvalue weighted by Crippen LogP contribution is -2.13. The first-order valence-electron chi connectivity index (χ1n) is 6.04. The molecule has 1 aliphatic rings. The van der Waals surface area contributed by atoms with Crippen LogP contribution in [0.3, 0.4) is 0 Å². The van der Waals surface area contributed by atoms with Crippen molar-refractivity contribution in [3.05, 3.63) is 53.6 Å². The molecule has 1 amide bonds. The summed E-state index contributed by atoms with van der Waals surface area (Å²) in [5, 5.41) is 2.70. The number of rotatable bonds is 3. The van der Waals surface area contributed by atoms with Gasteiger partial charge in [-0.25, -0.2) is 0 Å². The summed E-state index contributed by atoms with van der Waals surface area (Å²) >= 11 is 0. The third-order valence-corrected chi connectivity index (χ3v) is 2.98. The fourth-order valence-electron chi connectivity index (χ4n) is 2.00. The molecule has 1 N–H and O–H groups in total. The predicted molar refractivity (Wildman–Crippen MR) is 72.3 cm³/mol. The van der Waals surface area contributed by atoms with Crippen LogP contribution in [0.2, 0.25) is 0 Å². The summed E-state index contributed by atoms with van der Waals surface area (Å²) in [4.78, 5) is 23.3. The van der Waals surface area contributed by atoms with Crippen LogP contribution < -0.4 is 14.8 Å². The third-order valence-electron chi connectivity index (χ3n) is 2.98. The molecular formula is C15H11NO4. The van der Waals surface area contributed by atoms with Crippen molar-refractivity contribution >= 4 is 17.9 Å². The summed E-state index contributed by atoms with van der Waals surface area (Å²) in [5.74, 6) is 0.586. The molecule has 0 saturated heterocycles. The standard InChI is InChI=1S/C15H11NO4/c17-8-11-12(6-7-13-14(11)20-9-19-13)16-15(18)10-4-2-1-3-5-10/h1-8H,9H2,(H,16,18). The molecule has 0 aromatic heterocycles. The second-order valence-electron chi connectivity index (χ2n) is 4.20. The highest BCUT2D eigenvalue weighted by molar-refractivity contribution is 6.07. The molecule has 0 aliphatic carbocycles.